The number of benzene rings is 3. The standard InChI is InChI=1S/C25H20N2O5/c28-23-22(24(29)27(25(30)26-23)19-7-3-1-4-8-19)17-18-11-13-21(14-12-18)32-16-15-31-20-9-5-2-6-10-20/h1-14,17H,15-16H2,(H,26,28,30)/b22-17-. The summed E-state index contributed by atoms with van der Waals surface area (Å²) in [6.07, 6.45) is 1.45. The van der Waals surface area contributed by atoms with Crippen LogP contribution >= 0.6 is 0 Å². The lowest BCUT2D eigenvalue weighted by atomic mass is 10.1. The molecule has 3 aromatic rings. The minimum absolute atomic E-state index is 0.126. The Hall–Kier alpha value is -4.39. The quantitative estimate of drug-likeness (QED) is 0.351. The summed E-state index contributed by atoms with van der Waals surface area (Å²) in [6.45, 7) is 0.762. The van der Waals surface area contributed by atoms with Crippen LogP contribution in [0.4, 0.5) is 10.5 Å². The number of barbiturate groups is 1. The Kier molecular flexibility index (Phi) is 6.27. The molecule has 0 radical (unpaired) electrons. The van der Waals surface area contributed by atoms with Crippen molar-refractivity contribution >= 4 is 29.6 Å². The van der Waals surface area contributed by atoms with E-state index in [2.05, 4.69) is 5.32 Å². The highest BCUT2D eigenvalue weighted by Gasteiger charge is 2.36. The van der Waals surface area contributed by atoms with Gasteiger partial charge in [0.05, 0.1) is 5.69 Å². The van der Waals surface area contributed by atoms with Crippen LogP contribution in [0.15, 0.2) is 90.5 Å². The minimum atomic E-state index is -0.773. The highest BCUT2D eigenvalue weighted by Crippen LogP contribution is 2.22. The maximum atomic E-state index is 12.8. The van der Waals surface area contributed by atoms with Crippen LogP contribution in [0.5, 0.6) is 11.5 Å². The average molecular weight is 428 g/mol. The smallest absolute Gasteiger partial charge is 0.335 e. The van der Waals surface area contributed by atoms with E-state index in [1.54, 1.807) is 54.6 Å². The summed E-state index contributed by atoms with van der Waals surface area (Å²) < 4.78 is 11.2. The van der Waals surface area contributed by atoms with Crippen molar-refractivity contribution in [2.75, 3.05) is 18.1 Å². The van der Waals surface area contributed by atoms with Crippen LogP contribution in [0.3, 0.4) is 0 Å². The van der Waals surface area contributed by atoms with E-state index in [1.165, 1.54) is 6.08 Å². The van der Waals surface area contributed by atoms with Gasteiger partial charge in [0.1, 0.15) is 30.3 Å². The summed E-state index contributed by atoms with van der Waals surface area (Å²) >= 11 is 0. The second kappa shape index (κ2) is 9.61. The van der Waals surface area contributed by atoms with E-state index in [9.17, 15) is 14.4 Å². The summed E-state index contributed by atoms with van der Waals surface area (Å²) in [5, 5.41) is 2.21. The third kappa shape index (κ3) is 4.84. The molecule has 7 nitrogen and oxygen atoms in total. The summed E-state index contributed by atoms with van der Waals surface area (Å²) in [5.74, 6) is -0.00486. The largest absolute Gasteiger partial charge is 0.490 e. The number of amides is 4. The van der Waals surface area contributed by atoms with Crippen molar-refractivity contribution < 1.29 is 23.9 Å². The van der Waals surface area contributed by atoms with Gasteiger partial charge in [-0.1, -0.05) is 48.5 Å². The average Bonchev–Trinajstić information content (AvgIpc) is 2.82. The minimum Gasteiger partial charge on any atom is -0.490 e. The number of hydrogen-bond acceptors (Lipinski definition) is 5. The van der Waals surface area contributed by atoms with Crippen molar-refractivity contribution in [3.05, 3.63) is 96.1 Å². The van der Waals surface area contributed by atoms with Crippen molar-refractivity contribution in [1.82, 2.24) is 5.32 Å². The maximum absolute atomic E-state index is 12.8. The van der Waals surface area contributed by atoms with Gasteiger partial charge in [0, 0.05) is 0 Å². The molecule has 4 amide bonds. The Labute approximate surface area is 184 Å². The Morgan fingerprint density at radius 3 is 1.91 bits per heavy atom. The summed E-state index contributed by atoms with van der Waals surface area (Å²) in [5.41, 5.74) is 0.881. The molecule has 1 aliphatic rings. The predicted molar refractivity (Wildman–Crippen MR) is 119 cm³/mol. The molecule has 32 heavy (non-hydrogen) atoms. The SMILES string of the molecule is O=C1NC(=O)N(c2ccccc2)C(=O)/C1=C\c1ccc(OCCOc2ccccc2)cc1. The number of hydrogen-bond donors (Lipinski definition) is 1. The maximum Gasteiger partial charge on any atom is 0.335 e. The number of carbonyl (C=O) groups excluding carboxylic acids is 3. The molecule has 1 aliphatic heterocycles. The summed E-state index contributed by atoms with van der Waals surface area (Å²) in [4.78, 5) is 38.3. The molecule has 0 saturated carbocycles. The fourth-order valence-corrected chi connectivity index (χ4v) is 3.13. The summed E-state index contributed by atoms with van der Waals surface area (Å²) in [6, 6.07) is 24.0. The van der Waals surface area contributed by atoms with Crippen LogP contribution in [0, 0.1) is 0 Å². The van der Waals surface area contributed by atoms with Gasteiger partial charge in [-0.3, -0.25) is 14.9 Å². The van der Waals surface area contributed by atoms with Crippen LogP contribution in [0.1, 0.15) is 5.56 Å². The van der Waals surface area contributed by atoms with Crippen molar-refractivity contribution in [3.8, 4) is 11.5 Å². The Bertz CT molecular complexity index is 1140. The topological polar surface area (TPSA) is 84.9 Å². The molecular weight excluding hydrogens is 408 g/mol. The molecule has 0 aliphatic carbocycles. The van der Waals surface area contributed by atoms with E-state index in [4.69, 9.17) is 9.47 Å². The van der Waals surface area contributed by atoms with E-state index in [-0.39, 0.29) is 5.57 Å². The number of urea groups is 1. The number of nitrogens with one attached hydrogen (secondary N) is 1. The number of carbonyl (C=O) groups is 3. The zero-order valence-corrected chi connectivity index (χ0v) is 17.1. The fourth-order valence-electron chi connectivity index (χ4n) is 3.13. The van der Waals surface area contributed by atoms with E-state index >= 15 is 0 Å². The van der Waals surface area contributed by atoms with E-state index < -0.39 is 17.8 Å². The van der Waals surface area contributed by atoms with Crippen LogP contribution in [0.2, 0.25) is 0 Å². The molecule has 160 valence electrons. The highest BCUT2D eigenvalue weighted by atomic mass is 16.5. The fraction of sp³-hybridized carbons (Fsp3) is 0.0800. The molecule has 3 aromatic carbocycles. The lowest BCUT2D eigenvalue weighted by Crippen LogP contribution is -2.54. The molecule has 1 N–H and O–H groups in total. The first-order valence-electron chi connectivity index (χ1n) is 9.99. The Morgan fingerprint density at radius 2 is 1.28 bits per heavy atom. The first kappa shape index (κ1) is 20.9. The number of nitrogens with zero attached hydrogens (tertiary/aromatic N) is 1. The monoisotopic (exact) mass is 428 g/mol. The van der Waals surface area contributed by atoms with Crippen molar-refractivity contribution in [2.24, 2.45) is 0 Å². The first-order chi connectivity index (χ1) is 15.6. The number of ether oxygens (including phenoxy) is 2. The van der Waals surface area contributed by atoms with E-state index in [0.717, 1.165) is 10.6 Å². The predicted octanol–water partition coefficient (Wildman–Crippen LogP) is 3.81. The zero-order chi connectivity index (χ0) is 22.3. The molecular formula is C25H20N2O5. The second-order valence-corrected chi connectivity index (χ2v) is 6.87. The number of anilines is 1. The molecule has 0 unspecified atom stereocenters. The molecule has 1 fully saturated rings. The molecule has 0 atom stereocenters. The van der Waals surface area contributed by atoms with Gasteiger partial charge in [-0.15, -0.1) is 0 Å². The number of para-hydroxylation sites is 2. The molecule has 0 spiro atoms. The molecule has 1 heterocycles. The van der Waals surface area contributed by atoms with Gasteiger partial charge in [0.25, 0.3) is 11.8 Å². The van der Waals surface area contributed by atoms with Crippen LogP contribution in [-0.4, -0.2) is 31.1 Å². The Balaban J connectivity index is 1.40. The van der Waals surface area contributed by atoms with Crippen molar-refractivity contribution in [2.45, 2.75) is 0 Å². The number of imide groups is 2. The lowest BCUT2D eigenvalue weighted by Gasteiger charge is -2.26. The van der Waals surface area contributed by atoms with Crippen molar-refractivity contribution in [3.63, 3.8) is 0 Å². The lowest BCUT2D eigenvalue weighted by molar-refractivity contribution is -0.122. The molecule has 4 rings (SSSR count). The zero-order valence-electron chi connectivity index (χ0n) is 17.1. The molecule has 1 saturated heterocycles. The molecule has 0 bridgehead atoms. The third-order valence-electron chi connectivity index (χ3n) is 4.67. The van der Waals surface area contributed by atoms with Gasteiger partial charge in [-0.2, -0.15) is 0 Å². The van der Waals surface area contributed by atoms with E-state index in [1.807, 2.05) is 30.3 Å². The van der Waals surface area contributed by atoms with Gasteiger partial charge in [0.15, 0.2) is 0 Å². The molecule has 7 heteroatoms. The van der Waals surface area contributed by atoms with E-state index in [0.29, 0.717) is 30.2 Å². The van der Waals surface area contributed by atoms with Crippen LogP contribution < -0.4 is 19.7 Å². The van der Waals surface area contributed by atoms with Gasteiger partial charge < -0.3 is 9.47 Å². The summed E-state index contributed by atoms with van der Waals surface area (Å²) in [7, 11) is 0. The molecule has 0 aromatic heterocycles. The number of rotatable bonds is 7. The van der Waals surface area contributed by atoms with Gasteiger partial charge in [0.2, 0.25) is 0 Å². The van der Waals surface area contributed by atoms with Gasteiger partial charge in [-0.25, -0.2) is 9.69 Å². The first-order valence-corrected chi connectivity index (χ1v) is 9.99. The second-order valence-electron chi connectivity index (χ2n) is 6.87. The normalized spacial score (nSPS) is 14.9. The highest BCUT2D eigenvalue weighted by molar-refractivity contribution is 6.39. The van der Waals surface area contributed by atoms with Crippen LogP contribution in [-0.2, 0) is 9.59 Å². The van der Waals surface area contributed by atoms with Crippen molar-refractivity contribution in [1.29, 1.82) is 0 Å². The van der Waals surface area contributed by atoms with Gasteiger partial charge in [-0.05, 0) is 48.0 Å². The third-order valence-corrected chi connectivity index (χ3v) is 4.67. The Morgan fingerprint density at radius 1 is 0.719 bits per heavy atom. The van der Waals surface area contributed by atoms with Crippen LogP contribution in [0.25, 0.3) is 6.08 Å². The van der Waals surface area contributed by atoms with Gasteiger partial charge >= 0.3 is 6.03 Å².